The normalized spacial score (nSPS) is 41.8. The second-order valence-corrected chi connectivity index (χ2v) is 7.44. The zero-order valence-electron chi connectivity index (χ0n) is 14.2. The summed E-state index contributed by atoms with van der Waals surface area (Å²) in [6, 6.07) is 2.05. The first kappa shape index (κ1) is 18.8. The van der Waals surface area contributed by atoms with E-state index in [2.05, 4.69) is 27.4 Å². The van der Waals surface area contributed by atoms with Crippen molar-refractivity contribution in [3.8, 4) is 6.07 Å². The number of nitrogens with two attached hydrogens (primary N) is 1. The first-order valence-electron chi connectivity index (χ1n) is 8.62. The van der Waals surface area contributed by atoms with Gasteiger partial charge in [-0.1, -0.05) is 0 Å². The van der Waals surface area contributed by atoms with E-state index in [0.29, 0.717) is 32.5 Å². The minimum atomic E-state index is -0.475. The summed E-state index contributed by atoms with van der Waals surface area (Å²) >= 11 is 6.10. The Bertz CT molecular complexity index is 530. The molecule has 3 aliphatic rings. The lowest BCUT2D eigenvalue weighted by Crippen LogP contribution is -2.61. The van der Waals surface area contributed by atoms with Crippen LogP contribution in [0.1, 0.15) is 12.8 Å². The van der Waals surface area contributed by atoms with E-state index in [1.54, 1.807) is 7.11 Å². The van der Waals surface area contributed by atoms with Crippen molar-refractivity contribution in [2.45, 2.75) is 42.8 Å². The molecule has 10 heteroatoms. The van der Waals surface area contributed by atoms with Crippen LogP contribution in [0.4, 0.5) is 0 Å². The van der Waals surface area contributed by atoms with Crippen LogP contribution in [0.15, 0.2) is 0 Å². The Kier molecular flexibility index (Phi) is 6.12. The van der Waals surface area contributed by atoms with Crippen LogP contribution in [0.2, 0.25) is 0 Å². The van der Waals surface area contributed by atoms with Crippen LogP contribution in [-0.2, 0) is 9.53 Å². The topological polar surface area (TPSA) is 127 Å². The van der Waals surface area contributed by atoms with Crippen LogP contribution in [0, 0.1) is 23.2 Å². The molecule has 1 amide bonds. The summed E-state index contributed by atoms with van der Waals surface area (Å²) in [6.07, 6.45) is 0.322. The molecule has 3 saturated heterocycles. The third-order valence-corrected chi connectivity index (χ3v) is 5.54. The van der Waals surface area contributed by atoms with Gasteiger partial charge >= 0.3 is 0 Å². The molecule has 9 nitrogen and oxygen atoms in total. The average molecular weight is 372 g/mol. The summed E-state index contributed by atoms with van der Waals surface area (Å²) < 4.78 is 5.47. The summed E-state index contributed by atoms with van der Waals surface area (Å²) in [5, 5.41) is 20.4. The number of halogens is 1. The van der Waals surface area contributed by atoms with Crippen molar-refractivity contribution in [2.75, 3.05) is 26.7 Å². The monoisotopic (exact) mass is 371 g/mol. The predicted octanol–water partition coefficient (Wildman–Crippen LogP) is -1.78. The van der Waals surface area contributed by atoms with Gasteiger partial charge in [-0.15, -0.1) is 11.6 Å². The molecule has 0 aliphatic carbocycles. The van der Waals surface area contributed by atoms with Crippen molar-refractivity contribution in [3.05, 3.63) is 0 Å². The number of nitrogens with zero attached hydrogens (tertiary/aromatic N) is 2. The van der Waals surface area contributed by atoms with E-state index in [-0.39, 0.29) is 35.6 Å². The maximum atomic E-state index is 12.9. The number of methoxy groups -OCH3 is 1. The maximum absolute atomic E-state index is 12.9. The van der Waals surface area contributed by atoms with Gasteiger partial charge < -0.3 is 15.8 Å². The number of hydrogen-bond acceptors (Lipinski definition) is 8. The number of fused-ring (bicyclic) bond motifs is 1. The Morgan fingerprint density at radius 1 is 1.48 bits per heavy atom. The van der Waals surface area contributed by atoms with Crippen LogP contribution in [0.5, 0.6) is 0 Å². The molecule has 0 aromatic rings. The molecule has 25 heavy (non-hydrogen) atoms. The first-order valence-corrected chi connectivity index (χ1v) is 9.06. The number of nitriles is 1. The lowest BCUT2D eigenvalue weighted by molar-refractivity contribution is -0.128. The lowest BCUT2D eigenvalue weighted by Gasteiger charge is -2.37. The van der Waals surface area contributed by atoms with Crippen LogP contribution in [-0.4, -0.2) is 67.6 Å². The third-order valence-electron chi connectivity index (χ3n) is 5.21. The van der Waals surface area contributed by atoms with Gasteiger partial charge in [0.2, 0.25) is 5.91 Å². The molecule has 6 N–H and O–H groups in total. The molecular weight excluding hydrogens is 346 g/mol. The SMILES string of the molecule is COC1CC(Cl)NCC1NC(=O)C1C(N)NN2CC(CC#N)CNC12. The van der Waals surface area contributed by atoms with Gasteiger partial charge in [0, 0.05) is 39.6 Å². The smallest absolute Gasteiger partial charge is 0.229 e. The number of piperidine rings is 1. The molecule has 3 fully saturated rings. The molecule has 3 rings (SSSR count). The highest BCUT2D eigenvalue weighted by Crippen LogP contribution is 2.24. The van der Waals surface area contributed by atoms with Gasteiger partial charge in [-0.05, 0) is 5.92 Å². The van der Waals surface area contributed by atoms with Crippen molar-refractivity contribution in [3.63, 3.8) is 0 Å². The highest BCUT2D eigenvalue weighted by Gasteiger charge is 2.47. The molecule has 7 atom stereocenters. The Morgan fingerprint density at radius 2 is 2.28 bits per heavy atom. The minimum absolute atomic E-state index is 0.111. The van der Waals surface area contributed by atoms with Crippen molar-refractivity contribution in [1.82, 2.24) is 26.4 Å². The number of hydrazine groups is 1. The molecule has 0 saturated carbocycles. The molecule has 3 heterocycles. The van der Waals surface area contributed by atoms with Gasteiger partial charge in [-0.3, -0.25) is 15.4 Å². The fraction of sp³-hybridized carbons (Fsp3) is 0.867. The van der Waals surface area contributed by atoms with E-state index in [1.165, 1.54) is 0 Å². The van der Waals surface area contributed by atoms with Gasteiger partial charge in [0.05, 0.1) is 42.0 Å². The number of alkyl halides is 1. The van der Waals surface area contributed by atoms with E-state index in [0.717, 1.165) is 0 Å². The van der Waals surface area contributed by atoms with Crippen molar-refractivity contribution in [2.24, 2.45) is 17.6 Å². The molecule has 0 spiro atoms. The molecule has 0 bridgehead atoms. The first-order chi connectivity index (χ1) is 12.0. The number of carbonyl (C=O) groups excluding carboxylic acids is 1. The molecular formula is C15H26ClN7O2. The molecule has 0 aromatic carbocycles. The van der Waals surface area contributed by atoms with Gasteiger partial charge in [0.15, 0.2) is 0 Å². The van der Waals surface area contributed by atoms with Crippen LogP contribution in [0.3, 0.4) is 0 Å². The van der Waals surface area contributed by atoms with Gasteiger partial charge in [0.25, 0.3) is 0 Å². The van der Waals surface area contributed by atoms with Gasteiger partial charge in [-0.25, -0.2) is 10.4 Å². The van der Waals surface area contributed by atoms with Crippen LogP contribution in [0.25, 0.3) is 0 Å². The summed E-state index contributed by atoms with van der Waals surface area (Å²) in [6.45, 7) is 1.95. The fourth-order valence-corrected chi connectivity index (χ4v) is 4.13. The Balaban J connectivity index is 1.61. The van der Waals surface area contributed by atoms with Crippen molar-refractivity contribution >= 4 is 17.5 Å². The Morgan fingerprint density at radius 3 is 3.00 bits per heavy atom. The number of nitrogens with one attached hydrogen (secondary N) is 4. The van der Waals surface area contributed by atoms with E-state index in [1.807, 2.05) is 5.01 Å². The van der Waals surface area contributed by atoms with Crippen molar-refractivity contribution in [1.29, 1.82) is 5.26 Å². The minimum Gasteiger partial charge on any atom is -0.379 e. The fourth-order valence-electron chi connectivity index (χ4n) is 3.87. The van der Waals surface area contributed by atoms with Gasteiger partial charge in [-0.2, -0.15) is 5.26 Å². The molecule has 7 unspecified atom stereocenters. The number of hydrogen-bond donors (Lipinski definition) is 5. The molecule has 140 valence electrons. The molecule has 0 radical (unpaired) electrons. The van der Waals surface area contributed by atoms with Crippen LogP contribution >= 0.6 is 11.6 Å². The molecule has 0 aromatic heterocycles. The van der Waals surface area contributed by atoms with Crippen molar-refractivity contribution < 1.29 is 9.53 Å². The highest BCUT2D eigenvalue weighted by molar-refractivity contribution is 6.20. The molecule has 3 aliphatic heterocycles. The lowest BCUT2D eigenvalue weighted by atomic mass is 9.96. The number of ether oxygens (including phenoxy) is 1. The Hall–Kier alpha value is -0.990. The highest BCUT2D eigenvalue weighted by atomic mass is 35.5. The maximum Gasteiger partial charge on any atom is 0.229 e. The zero-order valence-corrected chi connectivity index (χ0v) is 15.0. The van der Waals surface area contributed by atoms with E-state index in [4.69, 9.17) is 27.3 Å². The Labute approximate surface area is 152 Å². The second-order valence-electron chi connectivity index (χ2n) is 6.92. The summed E-state index contributed by atoms with van der Waals surface area (Å²) in [5.41, 5.74) is 9.17. The third kappa shape index (κ3) is 4.06. The quantitative estimate of drug-likeness (QED) is 0.290. The standard InChI is InChI=1S/C15H26ClN7O2/c1-25-10-4-11(16)19-6-9(10)21-15(24)12-13(18)22-23-7-8(2-3-17)5-20-14(12)23/h8-14,19-20,22H,2,4-7,18H2,1H3,(H,21,24). The summed E-state index contributed by atoms with van der Waals surface area (Å²) in [4.78, 5) is 12.9. The van der Waals surface area contributed by atoms with E-state index in [9.17, 15) is 4.79 Å². The van der Waals surface area contributed by atoms with Gasteiger partial charge in [0.1, 0.15) is 0 Å². The van der Waals surface area contributed by atoms with E-state index >= 15 is 0 Å². The van der Waals surface area contributed by atoms with E-state index < -0.39 is 12.1 Å². The predicted molar refractivity (Wildman–Crippen MR) is 91.8 cm³/mol. The summed E-state index contributed by atoms with van der Waals surface area (Å²) in [7, 11) is 1.63. The number of rotatable bonds is 4. The zero-order chi connectivity index (χ0) is 18.0. The summed E-state index contributed by atoms with van der Waals surface area (Å²) in [5.74, 6) is -0.307. The number of carbonyl (C=O) groups is 1. The number of amides is 1. The second kappa shape index (κ2) is 8.14. The largest absolute Gasteiger partial charge is 0.379 e. The van der Waals surface area contributed by atoms with Crippen LogP contribution < -0.4 is 27.1 Å². The average Bonchev–Trinajstić information content (AvgIpc) is 2.91.